The van der Waals surface area contributed by atoms with E-state index in [1.165, 1.54) is 18.4 Å². The Labute approximate surface area is 125 Å². The molecule has 114 valence electrons. The van der Waals surface area contributed by atoms with Crippen molar-refractivity contribution in [1.29, 1.82) is 0 Å². The molecule has 0 bridgehead atoms. The number of piperazine rings is 1. The Kier molecular flexibility index (Phi) is 3.92. The second-order valence-corrected chi connectivity index (χ2v) is 9.49. The monoisotopic (exact) mass is 318 g/mol. The number of nitrogens with zero attached hydrogens (tertiary/aromatic N) is 1. The van der Waals surface area contributed by atoms with Crippen LogP contribution in [-0.2, 0) is 10.0 Å². The average molecular weight is 318 g/mol. The lowest BCUT2D eigenvalue weighted by Gasteiger charge is -2.47. The Morgan fingerprint density at radius 3 is 2.30 bits per heavy atom. The SMILES string of the molecule is COc1ccsc1S(=O)(=O)N1CC(C)(C)NC(C)(C)C1. The molecule has 1 aliphatic rings. The van der Waals surface area contributed by atoms with Gasteiger partial charge in [-0.2, -0.15) is 4.31 Å². The zero-order chi connectivity index (χ0) is 15.2. The van der Waals surface area contributed by atoms with Crippen LogP contribution in [0.2, 0.25) is 0 Å². The molecule has 7 heteroatoms. The standard InChI is InChI=1S/C13H22N2O3S2/c1-12(2)8-15(9-13(3,4)14-12)20(16,17)11-10(18-5)6-7-19-11/h6-7,14H,8-9H2,1-5H3. The van der Waals surface area contributed by atoms with Crippen molar-refractivity contribution in [3.05, 3.63) is 11.4 Å². The molecule has 0 radical (unpaired) electrons. The van der Waals surface area contributed by atoms with Crippen LogP contribution in [0.15, 0.2) is 15.7 Å². The van der Waals surface area contributed by atoms with E-state index in [1.54, 1.807) is 15.8 Å². The molecular formula is C13H22N2O3S2. The van der Waals surface area contributed by atoms with Gasteiger partial charge in [0.25, 0.3) is 10.0 Å². The summed E-state index contributed by atoms with van der Waals surface area (Å²) in [6.07, 6.45) is 0. The van der Waals surface area contributed by atoms with E-state index in [0.717, 1.165) is 0 Å². The molecule has 0 aromatic carbocycles. The van der Waals surface area contributed by atoms with Gasteiger partial charge in [-0.05, 0) is 39.1 Å². The highest BCUT2D eigenvalue weighted by atomic mass is 32.2. The molecule has 1 saturated heterocycles. The van der Waals surface area contributed by atoms with Gasteiger partial charge in [0.05, 0.1) is 7.11 Å². The predicted molar refractivity (Wildman–Crippen MR) is 80.9 cm³/mol. The van der Waals surface area contributed by atoms with E-state index in [2.05, 4.69) is 5.32 Å². The minimum Gasteiger partial charge on any atom is -0.494 e. The molecule has 5 nitrogen and oxygen atoms in total. The van der Waals surface area contributed by atoms with E-state index in [-0.39, 0.29) is 15.3 Å². The van der Waals surface area contributed by atoms with Crippen LogP contribution in [0.5, 0.6) is 5.75 Å². The number of methoxy groups -OCH3 is 1. The summed E-state index contributed by atoms with van der Waals surface area (Å²) in [7, 11) is -2.02. The molecule has 1 N–H and O–H groups in total. The van der Waals surface area contributed by atoms with Crippen LogP contribution < -0.4 is 10.1 Å². The third-order valence-corrected chi connectivity index (χ3v) is 6.43. The van der Waals surface area contributed by atoms with Gasteiger partial charge in [-0.15, -0.1) is 11.3 Å². The summed E-state index contributed by atoms with van der Waals surface area (Å²) < 4.78 is 32.7. The van der Waals surface area contributed by atoms with Gasteiger partial charge >= 0.3 is 0 Å². The number of nitrogens with one attached hydrogen (secondary N) is 1. The number of hydrogen-bond donors (Lipinski definition) is 1. The summed E-state index contributed by atoms with van der Waals surface area (Å²) in [6.45, 7) is 8.95. The van der Waals surface area contributed by atoms with Crippen molar-refractivity contribution < 1.29 is 13.2 Å². The first-order valence-corrected chi connectivity index (χ1v) is 8.80. The number of hydrogen-bond acceptors (Lipinski definition) is 5. The molecule has 1 aromatic rings. The molecule has 20 heavy (non-hydrogen) atoms. The number of sulfonamides is 1. The molecule has 0 unspecified atom stereocenters. The van der Waals surface area contributed by atoms with Gasteiger partial charge in [-0.3, -0.25) is 0 Å². The highest BCUT2D eigenvalue weighted by molar-refractivity contribution is 7.91. The lowest BCUT2D eigenvalue weighted by molar-refractivity contribution is 0.136. The lowest BCUT2D eigenvalue weighted by atomic mass is 9.93. The summed E-state index contributed by atoms with van der Waals surface area (Å²) in [5.74, 6) is 0.421. The van der Waals surface area contributed by atoms with Crippen LogP contribution in [0.1, 0.15) is 27.7 Å². The van der Waals surface area contributed by atoms with E-state index in [4.69, 9.17) is 4.74 Å². The van der Waals surface area contributed by atoms with Gasteiger partial charge in [0.15, 0.2) is 4.21 Å². The maximum absolute atomic E-state index is 12.8. The third kappa shape index (κ3) is 3.00. The molecule has 0 saturated carbocycles. The van der Waals surface area contributed by atoms with Crippen molar-refractivity contribution in [2.45, 2.75) is 43.0 Å². The van der Waals surface area contributed by atoms with Crippen LogP contribution in [-0.4, -0.2) is 44.0 Å². The zero-order valence-electron chi connectivity index (χ0n) is 12.6. The first kappa shape index (κ1) is 15.8. The Balaban J connectivity index is 2.39. The fraction of sp³-hybridized carbons (Fsp3) is 0.692. The Bertz CT molecular complexity index is 575. The summed E-state index contributed by atoms with van der Waals surface area (Å²) >= 11 is 1.20. The van der Waals surface area contributed by atoms with Gasteiger partial charge in [-0.1, -0.05) is 0 Å². The predicted octanol–water partition coefficient (Wildman–Crippen LogP) is 1.91. The maximum atomic E-state index is 12.8. The maximum Gasteiger partial charge on any atom is 0.256 e. The van der Waals surface area contributed by atoms with Crippen LogP contribution in [0, 0.1) is 0 Å². The van der Waals surface area contributed by atoms with Gasteiger partial charge in [0, 0.05) is 24.2 Å². The number of ether oxygens (including phenoxy) is 1. The van der Waals surface area contributed by atoms with Crippen LogP contribution in [0.3, 0.4) is 0 Å². The zero-order valence-corrected chi connectivity index (χ0v) is 14.2. The van der Waals surface area contributed by atoms with E-state index in [0.29, 0.717) is 18.8 Å². The van der Waals surface area contributed by atoms with Gasteiger partial charge < -0.3 is 10.1 Å². The molecule has 1 fully saturated rings. The number of rotatable bonds is 3. The van der Waals surface area contributed by atoms with Gasteiger partial charge in [-0.25, -0.2) is 8.42 Å². The second-order valence-electron chi connectivity index (χ2n) is 6.44. The highest BCUT2D eigenvalue weighted by Crippen LogP contribution is 2.34. The van der Waals surface area contributed by atoms with E-state index < -0.39 is 10.0 Å². The molecule has 1 aliphatic heterocycles. The van der Waals surface area contributed by atoms with E-state index in [1.807, 2.05) is 27.7 Å². The minimum atomic E-state index is -3.52. The molecular weight excluding hydrogens is 296 g/mol. The summed E-state index contributed by atoms with van der Waals surface area (Å²) in [5.41, 5.74) is -0.529. The smallest absolute Gasteiger partial charge is 0.256 e. The van der Waals surface area contributed by atoms with Crippen molar-refractivity contribution in [2.24, 2.45) is 0 Å². The second kappa shape index (κ2) is 4.98. The topological polar surface area (TPSA) is 58.6 Å². The fourth-order valence-corrected chi connectivity index (χ4v) is 6.02. The summed E-state index contributed by atoms with van der Waals surface area (Å²) in [4.78, 5) is 0. The van der Waals surface area contributed by atoms with Crippen LogP contribution in [0.25, 0.3) is 0 Å². The van der Waals surface area contributed by atoms with E-state index in [9.17, 15) is 8.42 Å². The first-order chi connectivity index (χ1) is 9.07. The molecule has 2 heterocycles. The van der Waals surface area contributed by atoms with Crippen molar-refractivity contribution in [3.63, 3.8) is 0 Å². The molecule has 0 atom stereocenters. The van der Waals surface area contributed by atoms with Crippen molar-refractivity contribution in [3.8, 4) is 5.75 Å². The third-order valence-electron chi connectivity index (χ3n) is 3.21. The molecule has 1 aromatic heterocycles. The quantitative estimate of drug-likeness (QED) is 0.925. The lowest BCUT2D eigenvalue weighted by Crippen LogP contribution is -2.67. The summed E-state index contributed by atoms with van der Waals surface area (Å²) in [5, 5.41) is 5.21. The van der Waals surface area contributed by atoms with Crippen LogP contribution >= 0.6 is 11.3 Å². The Morgan fingerprint density at radius 1 is 1.25 bits per heavy atom. The number of thiophene rings is 1. The molecule has 0 aliphatic carbocycles. The normalized spacial score (nSPS) is 22.6. The van der Waals surface area contributed by atoms with Gasteiger partial charge in [0.1, 0.15) is 5.75 Å². The van der Waals surface area contributed by atoms with Crippen molar-refractivity contribution in [2.75, 3.05) is 20.2 Å². The highest BCUT2D eigenvalue weighted by Gasteiger charge is 2.42. The van der Waals surface area contributed by atoms with Crippen LogP contribution in [0.4, 0.5) is 0 Å². The minimum absolute atomic E-state index is 0.265. The Morgan fingerprint density at radius 2 is 1.80 bits per heavy atom. The molecule has 0 amide bonds. The summed E-state index contributed by atoms with van der Waals surface area (Å²) in [6, 6.07) is 1.69. The largest absolute Gasteiger partial charge is 0.494 e. The molecule has 0 spiro atoms. The van der Waals surface area contributed by atoms with Crippen molar-refractivity contribution in [1.82, 2.24) is 9.62 Å². The molecule has 2 rings (SSSR count). The average Bonchev–Trinajstić information content (AvgIpc) is 2.73. The first-order valence-electron chi connectivity index (χ1n) is 6.48. The fourth-order valence-electron chi connectivity index (χ4n) is 2.84. The van der Waals surface area contributed by atoms with Gasteiger partial charge in [0.2, 0.25) is 0 Å². The van der Waals surface area contributed by atoms with Crippen molar-refractivity contribution >= 4 is 21.4 Å². The Hall–Kier alpha value is -0.630. The van der Waals surface area contributed by atoms with E-state index >= 15 is 0 Å².